The van der Waals surface area contributed by atoms with Crippen LogP contribution in [0.25, 0.3) is 17.3 Å². The van der Waals surface area contributed by atoms with Crippen molar-refractivity contribution in [2.45, 2.75) is 6.92 Å². The quantitative estimate of drug-likeness (QED) is 0.648. The molecule has 0 fully saturated rings. The van der Waals surface area contributed by atoms with Crippen molar-refractivity contribution in [3.8, 4) is 11.8 Å². The van der Waals surface area contributed by atoms with Crippen molar-refractivity contribution in [2.75, 3.05) is 0 Å². The molecule has 0 spiro atoms. The van der Waals surface area contributed by atoms with Crippen molar-refractivity contribution < 1.29 is 9.90 Å². The molecular formula is C21H15ClN2O2. The normalized spacial score (nSPS) is 11.2. The fraction of sp³-hybridized carbons (Fsp3) is 0.0476. The molecule has 0 radical (unpaired) electrons. The Kier molecular flexibility index (Phi) is 4.92. The number of carboxylic acids is 1. The smallest absolute Gasteiger partial charge is 0.335 e. The summed E-state index contributed by atoms with van der Waals surface area (Å²) < 4.78 is 1.94. The Morgan fingerprint density at radius 2 is 1.85 bits per heavy atom. The van der Waals surface area contributed by atoms with Crippen molar-refractivity contribution in [3.05, 3.63) is 88.2 Å². The van der Waals surface area contributed by atoms with E-state index < -0.39 is 5.97 Å². The Morgan fingerprint density at radius 3 is 2.46 bits per heavy atom. The highest BCUT2D eigenvalue weighted by Gasteiger charge is 2.08. The third-order valence-corrected chi connectivity index (χ3v) is 4.48. The van der Waals surface area contributed by atoms with E-state index in [1.807, 2.05) is 48.0 Å². The fourth-order valence-corrected chi connectivity index (χ4v) is 2.77. The van der Waals surface area contributed by atoms with Crippen molar-refractivity contribution in [3.63, 3.8) is 0 Å². The highest BCUT2D eigenvalue weighted by atomic mass is 35.5. The molecule has 0 aliphatic heterocycles. The monoisotopic (exact) mass is 362 g/mol. The molecule has 5 heteroatoms. The molecule has 128 valence electrons. The Hall–Kier alpha value is -3.29. The zero-order chi connectivity index (χ0) is 18.7. The summed E-state index contributed by atoms with van der Waals surface area (Å²) in [7, 11) is 0. The van der Waals surface area contributed by atoms with Crippen molar-refractivity contribution in [1.29, 1.82) is 5.26 Å². The summed E-state index contributed by atoms with van der Waals surface area (Å²) in [5, 5.41) is 19.2. The second-order valence-corrected chi connectivity index (χ2v) is 6.20. The molecule has 0 unspecified atom stereocenters. The molecule has 1 heterocycles. The molecule has 0 saturated carbocycles. The first-order valence-corrected chi connectivity index (χ1v) is 8.27. The van der Waals surface area contributed by atoms with Gasteiger partial charge in [-0.2, -0.15) is 5.26 Å². The van der Waals surface area contributed by atoms with Gasteiger partial charge in [-0.25, -0.2) is 4.79 Å². The number of hydrogen-bond donors (Lipinski definition) is 1. The zero-order valence-electron chi connectivity index (χ0n) is 14.0. The Morgan fingerprint density at radius 1 is 1.15 bits per heavy atom. The number of rotatable bonds is 4. The average molecular weight is 363 g/mol. The van der Waals surface area contributed by atoms with Gasteiger partial charge in [0.1, 0.15) is 0 Å². The molecular weight excluding hydrogens is 348 g/mol. The summed E-state index contributed by atoms with van der Waals surface area (Å²) in [6, 6.07) is 18.0. The minimum Gasteiger partial charge on any atom is -0.478 e. The highest BCUT2D eigenvalue weighted by Crippen LogP contribution is 2.24. The summed E-state index contributed by atoms with van der Waals surface area (Å²) in [5.41, 5.74) is 4.01. The number of aromatic nitrogens is 1. The maximum atomic E-state index is 11.0. The SMILES string of the molecule is Cc1ccc(-n2cccc2/C=C(/C#N)c2ccc(C(=O)O)cc2)cc1Cl. The largest absolute Gasteiger partial charge is 0.478 e. The van der Waals surface area contributed by atoms with Crippen LogP contribution in [0.15, 0.2) is 60.8 Å². The molecule has 0 saturated heterocycles. The summed E-state index contributed by atoms with van der Waals surface area (Å²) in [6.45, 7) is 1.94. The number of aromatic carboxylic acids is 1. The van der Waals surface area contributed by atoms with Gasteiger partial charge in [0.25, 0.3) is 0 Å². The number of nitriles is 1. The molecule has 0 aliphatic rings. The van der Waals surface area contributed by atoms with Crippen LogP contribution in [-0.4, -0.2) is 15.6 Å². The van der Waals surface area contributed by atoms with Crippen LogP contribution in [0.3, 0.4) is 0 Å². The molecule has 2 aromatic carbocycles. The van der Waals surface area contributed by atoms with E-state index in [1.54, 1.807) is 18.2 Å². The molecule has 1 aromatic heterocycles. The Balaban J connectivity index is 2.01. The lowest BCUT2D eigenvalue weighted by Gasteiger charge is -2.09. The number of allylic oxidation sites excluding steroid dienone is 1. The highest BCUT2D eigenvalue weighted by molar-refractivity contribution is 6.31. The van der Waals surface area contributed by atoms with Crippen LogP contribution in [0.4, 0.5) is 0 Å². The van der Waals surface area contributed by atoms with Gasteiger partial charge in [-0.1, -0.05) is 29.8 Å². The standard InChI is InChI=1S/C21H15ClN2O2/c1-14-4-9-19(12-20(14)22)24-10-2-3-18(24)11-17(13-23)15-5-7-16(8-6-15)21(25)26/h2-12H,1H3,(H,25,26)/b17-11-. The first-order valence-electron chi connectivity index (χ1n) is 7.89. The molecule has 0 atom stereocenters. The summed E-state index contributed by atoms with van der Waals surface area (Å²) in [6.07, 6.45) is 3.67. The van der Waals surface area contributed by atoms with E-state index in [2.05, 4.69) is 6.07 Å². The molecule has 0 bridgehead atoms. The predicted octanol–water partition coefficient (Wildman–Crippen LogP) is 5.20. The molecule has 26 heavy (non-hydrogen) atoms. The van der Waals surface area contributed by atoms with Gasteiger partial charge in [-0.3, -0.25) is 0 Å². The number of carboxylic acid groups (broad SMARTS) is 1. The average Bonchev–Trinajstić information content (AvgIpc) is 3.10. The number of benzene rings is 2. The lowest BCUT2D eigenvalue weighted by atomic mass is 10.0. The first kappa shape index (κ1) is 17.5. The fourth-order valence-electron chi connectivity index (χ4n) is 2.60. The molecule has 4 nitrogen and oxygen atoms in total. The van der Waals surface area contributed by atoms with Crippen LogP contribution in [0.2, 0.25) is 5.02 Å². The summed E-state index contributed by atoms with van der Waals surface area (Å²) in [5.74, 6) is -0.996. The van der Waals surface area contributed by atoms with E-state index in [0.29, 0.717) is 16.2 Å². The summed E-state index contributed by atoms with van der Waals surface area (Å²) >= 11 is 6.22. The van der Waals surface area contributed by atoms with Gasteiger partial charge in [0.05, 0.1) is 17.2 Å². The van der Waals surface area contributed by atoms with E-state index in [9.17, 15) is 10.1 Å². The number of halogens is 1. The van der Waals surface area contributed by atoms with Crippen LogP contribution < -0.4 is 0 Å². The predicted molar refractivity (Wildman–Crippen MR) is 102 cm³/mol. The molecule has 0 aliphatic carbocycles. The lowest BCUT2D eigenvalue weighted by Crippen LogP contribution is -1.97. The maximum Gasteiger partial charge on any atom is 0.335 e. The number of nitrogens with zero attached hydrogens (tertiary/aromatic N) is 2. The van der Waals surface area contributed by atoms with Crippen LogP contribution >= 0.6 is 11.6 Å². The molecule has 3 aromatic rings. The van der Waals surface area contributed by atoms with Crippen LogP contribution in [0.5, 0.6) is 0 Å². The second kappa shape index (κ2) is 7.30. The van der Waals surface area contributed by atoms with Crippen molar-refractivity contribution in [1.82, 2.24) is 4.57 Å². The minimum absolute atomic E-state index is 0.184. The van der Waals surface area contributed by atoms with E-state index in [0.717, 1.165) is 16.9 Å². The Bertz CT molecular complexity index is 1040. The van der Waals surface area contributed by atoms with E-state index in [-0.39, 0.29) is 5.56 Å². The van der Waals surface area contributed by atoms with E-state index >= 15 is 0 Å². The van der Waals surface area contributed by atoms with Crippen molar-refractivity contribution in [2.24, 2.45) is 0 Å². The first-order chi connectivity index (χ1) is 12.5. The molecule has 3 rings (SSSR count). The number of carbonyl (C=O) groups is 1. The third kappa shape index (κ3) is 3.53. The van der Waals surface area contributed by atoms with Gasteiger partial charge < -0.3 is 9.67 Å². The number of aryl methyl sites for hydroxylation is 1. The van der Waals surface area contributed by atoms with Crippen LogP contribution in [-0.2, 0) is 0 Å². The van der Waals surface area contributed by atoms with Gasteiger partial charge in [-0.05, 0) is 60.5 Å². The summed E-state index contributed by atoms with van der Waals surface area (Å²) in [4.78, 5) is 11.0. The van der Waals surface area contributed by atoms with E-state index in [4.69, 9.17) is 16.7 Å². The van der Waals surface area contributed by atoms with Gasteiger partial charge in [0.2, 0.25) is 0 Å². The lowest BCUT2D eigenvalue weighted by molar-refractivity contribution is 0.0697. The van der Waals surface area contributed by atoms with Gasteiger partial charge in [0.15, 0.2) is 0 Å². The maximum absolute atomic E-state index is 11.0. The van der Waals surface area contributed by atoms with Crippen LogP contribution in [0, 0.1) is 18.3 Å². The zero-order valence-corrected chi connectivity index (χ0v) is 14.7. The minimum atomic E-state index is -0.996. The second-order valence-electron chi connectivity index (χ2n) is 5.79. The third-order valence-electron chi connectivity index (χ3n) is 4.07. The van der Waals surface area contributed by atoms with Gasteiger partial charge >= 0.3 is 5.97 Å². The molecule has 0 amide bonds. The number of hydrogen-bond acceptors (Lipinski definition) is 2. The topological polar surface area (TPSA) is 66.0 Å². The van der Waals surface area contributed by atoms with Crippen LogP contribution in [0.1, 0.15) is 27.2 Å². The van der Waals surface area contributed by atoms with E-state index in [1.165, 1.54) is 12.1 Å². The van der Waals surface area contributed by atoms with Gasteiger partial charge in [0, 0.05) is 22.6 Å². The van der Waals surface area contributed by atoms with Crippen molar-refractivity contribution >= 4 is 29.2 Å². The Labute approximate surface area is 156 Å². The van der Waals surface area contributed by atoms with Gasteiger partial charge in [-0.15, -0.1) is 0 Å². The molecule has 1 N–H and O–H groups in total.